The summed E-state index contributed by atoms with van der Waals surface area (Å²) in [7, 11) is 5.03. The fourth-order valence-electron chi connectivity index (χ4n) is 2.05. The molecule has 4 nitrogen and oxygen atoms in total. The second-order valence-electron chi connectivity index (χ2n) is 4.93. The number of anilines is 1. The molecule has 0 aliphatic heterocycles. The minimum absolute atomic E-state index is 0.153. The highest BCUT2D eigenvalue weighted by Crippen LogP contribution is 2.28. The van der Waals surface area contributed by atoms with Crippen molar-refractivity contribution in [1.82, 2.24) is 0 Å². The number of methoxy groups -OCH3 is 2. The fourth-order valence-corrected chi connectivity index (χ4v) is 2.05. The molecule has 19 heavy (non-hydrogen) atoms. The maximum absolute atomic E-state index is 11.8. The van der Waals surface area contributed by atoms with Crippen molar-refractivity contribution in [2.45, 2.75) is 13.8 Å². The van der Waals surface area contributed by atoms with Crippen LogP contribution in [0, 0.1) is 11.8 Å². The van der Waals surface area contributed by atoms with Crippen LogP contribution in [0.5, 0.6) is 5.75 Å². The van der Waals surface area contributed by atoms with Crippen LogP contribution in [0.25, 0.3) is 0 Å². The van der Waals surface area contributed by atoms with Crippen LogP contribution in [0.2, 0.25) is 0 Å². The lowest BCUT2D eigenvalue weighted by atomic mass is 9.95. The Balaban J connectivity index is 2.87. The molecule has 0 saturated carbocycles. The highest BCUT2D eigenvalue weighted by Gasteiger charge is 2.25. The van der Waals surface area contributed by atoms with Gasteiger partial charge in [-0.15, -0.1) is 0 Å². The Morgan fingerprint density at radius 1 is 1.26 bits per heavy atom. The number of hydrogen-bond donors (Lipinski definition) is 0. The van der Waals surface area contributed by atoms with Gasteiger partial charge in [0.05, 0.1) is 25.8 Å². The van der Waals surface area contributed by atoms with Gasteiger partial charge < -0.3 is 14.4 Å². The van der Waals surface area contributed by atoms with Crippen LogP contribution in [0.15, 0.2) is 24.3 Å². The largest absolute Gasteiger partial charge is 0.495 e. The van der Waals surface area contributed by atoms with Crippen LogP contribution in [0.1, 0.15) is 13.8 Å². The van der Waals surface area contributed by atoms with Gasteiger partial charge >= 0.3 is 5.97 Å². The first-order valence-corrected chi connectivity index (χ1v) is 6.43. The highest BCUT2D eigenvalue weighted by molar-refractivity contribution is 5.73. The van der Waals surface area contributed by atoms with Crippen LogP contribution < -0.4 is 9.64 Å². The van der Waals surface area contributed by atoms with Gasteiger partial charge in [-0.1, -0.05) is 26.0 Å². The maximum atomic E-state index is 11.8. The predicted octanol–water partition coefficient (Wildman–Crippen LogP) is 2.58. The number of carbonyl (C=O) groups is 1. The minimum Gasteiger partial charge on any atom is -0.495 e. The zero-order chi connectivity index (χ0) is 14.4. The first kappa shape index (κ1) is 15.3. The van der Waals surface area contributed by atoms with E-state index in [1.54, 1.807) is 7.11 Å². The van der Waals surface area contributed by atoms with E-state index in [9.17, 15) is 4.79 Å². The van der Waals surface area contributed by atoms with Gasteiger partial charge in [0.2, 0.25) is 0 Å². The Labute approximate surface area is 115 Å². The molecule has 1 aromatic carbocycles. The summed E-state index contributed by atoms with van der Waals surface area (Å²) in [6, 6.07) is 7.77. The van der Waals surface area contributed by atoms with E-state index >= 15 is 0 Å². The molecule has 106 valence electrons. The Morgan fingerprint density at radius 2 is 1.89 bits per heavy atom. The lowest BCUT2D eigenvalue weighted by Crippen LogP contribution is -2.34. The predicted molar refractivity (Wildman–Crippen MR) is 76.6 cm³/mol. The van der Waals surface area contributed by atoms with Crippen molar-refractivity contribution in [3.63, 3.8) is 0 Å². The fraction of sp³-hybridized carbons (Fsp3) is 0.533. The standard InChI is InChI=1S/C15H23NO3/c1-11(2)12(15(17)19-5)10-16(3)13-8-6-7-9-14(13)18-4/h6-9,11-12H,10H2,1-5H3. The molecule has 1 atom stereocenters. The van der Waals surface area contributed by atoms with E-state index in [1.807, 2.05) is 50.1 Å². The van der Waals surface area contributed by atoms with Crippen molar-refractivity contribution in [3.8, 4) is 5.75 Å². The van der Waals surface area contributed by atoms with Crippen molar-refractivity contribution in [1.29, 1.82) is 0 Å². The van der Waals surface area contributed by atoms with Gasteiger partial charge in [0, 0.05) is 13.6 Å². The summed E-state index contributed by atoms with van der Waals surface area (Å²) < 4.78 is 10.2. The quantitative estimate of drug-likeness (QED) is 0.741. The number of benzene rings is 1. The van der Waals surface area contributed by atoms with E-state index in [2.05, 4.69) is 0 Å². The average molecular weight is 265 g/mol. The van der Waals surface area contributed by atoms with E-state index in [-0.39, 0.29) is 17.8 Å². The van der Waals surface area contributed by atoms with Crippen LogP contribution in [0.3, 0.4) is 0 Å². The summed E-state index contributed by atoms with van der Waals surface area (Å²) in [5, 5.41) is 0. The monoisotopic (exact) mass is 265 g/mol. The van der Waals surface area contributed by atoms with Crippen molar-refractivity contribution < 1.29 is 14.3 Å². The number of ether oxygens (including phenoxy) is 2. The number of nitrogens with zero attached hydrogens (tertiary/aromatic N) is 1. The number of hydrogen-bond acceptors (Lipinski definition) is 4. The molecule has 0 aliphatic carbocycles. The zero-order valence-electron chi connectivity index (χ0n) is 12.3. The second kappa shape index (κ2) is 7.02. The lowest BCUT2D eigenvalue weighted by molar-refractivity contribution is -0.146. The van der Waals surface area contributed by atoms with Crippen LogP contribution in [-0.4, -0.2) is 33.8 Å². The van der Waals surface area contributed by atoms with Crippen LogP contribution in [-0.2, 0) is 9.53 Å². The van der Waals surface area contributed by atoms with Crippen molar-refractivity contribution in [2.24, 2.45) is 11.8 Å². The van der Waals surface area contributed by atoms with E-state index < -0.39 is 0 Å². The molecule has 0 spiro atoms. The Bertz CT molecular complexity index is 418. The molecule has 0 radical (unpaired) electrons. The third-order valence-corrected chi connectivity index (χ3v) is 3.28. The van der Waals surface area contributed by atoms with Gasteiger partial charge in [-0.25, -0.2) is 0 Å². The first-order valence-electron chi connectivity index (χ1n) is 6.43. The molecule has 1 aromatic rings. The van der Waals surface area contributed by atoms with Crippen LogP contribution in [0.4, 0.5) is 5.69 Å². The molecule has 0 fully saturated rings. The molecule has 0 saturated heterocycles. The summed E-state index contributed by atoms with van der Waals surface area (Å²) in [4.78, 5) is 13.8. The van der Waals surface area contributed by atoms with E-state index in [0.29, 0.717) is 6.54 Å². The molecule has 0 bridgehead atoms. The summed E-state index contributed by atoms with van der Waals surface area (Å²) in [5.41, 5.74) is 0.972. The Kier molecular flexibility index (Phi) is 5.67. The number of esters is 1. The molecule has 0 aromatic heterocycles. The van der Waals surface area contributed by atoms with Crippen molar-refractivity contribution in [2.75, 3.05) is 32.7 Å². The number of carbonyl (C=O) groups excluding carboxylic acids is 1. The van der Waals surface area contributed by atoms with Crippen LogP contribution >= 0.6 is 0 Å². The van der Waals surface area contributed by atoms with Gasteiger partial charge in [-0.2, -0.15) is 0 Å². The zero-order valence-corrected chi connectivity index (χ0v) is 12.3. The maximum Gasteiger partial charge on any atom is 0.310 e. The molecule has 0 heterocycles. The smallest absolute Gasteiger partial charge is 0.310 e. The molecule has 0 N–H and O–H groups in total. The molecule has 0 amide bonds. The third kappa shape index (κ3) is 3.88. The number of para-hydroxylation sites is 2. The highest BCUT2D eigenvalue weighted by atomic mass is 16.5. The van der Waals surface area contributed by atoms with Gasteiger partial charge in [0.1, 0.15) is 5.75 Å². The molecule has 1 unspecified atom stereocenters. The Morgan fingerprint density at radius 3 is 2.42 bits per heavy atom. The lowest BCUT2D eigenvalue weighted by Gasteiger charge is -2.27. The van der Waals surface area contributed by atoms with E-state index in [1.165, 1.54) is 7.11 Å². The minimum atomic E-state index is -0.170. The van der Waals surface area contributed by atoms with Crippen molar-refractivity contribution >= 4 is 11.7 Å². The molecular weight excluding hydrogens is 242 g/mol. The summed E-state index contributed by atoms with van der Waals surface area (Å²) >= 11 is 0. The number of rotatable bonds is 6. The van der Waals surface area contributed by atoms with Gasteiger partial charge in [-0.05, 0) is 18.1 Å². The molecular formula is C15H23NO3. The van der Waals surface area contributed by atoms with Gasteiger partial charge in [0.25, 0.3) is 0 Å². The SMILES string of the molecule is COC(=O)C(CN(C)c1ccccc1OC)C(C)C. The Hall–Kier alpha value is -1.71. The second-order valence-corrected chi connectivity index (χ2v) is 4.93. The summed E-state index contributed by atoms with van der Waals surface area (Å²) in [6.45, 7) is 4.65. The van der Waals surface area contributed by atoms with Gasteiger partial charge in [-0.3, -0.25) is 4.79 Å². The molecule has 1 rings (SSSR count). The third-order valence-electron chi connectivity index (χ3n) is 3.28. The normalized spacial score (nSPS) is 12.1. The van der Waals surface area contributed by atoms with E-state index in [4.69, 9.17) is 9.47 Å². The summed E-state index contributed by atoms with van der Waals surface area (Å²) in [5.74, 6) is 0.707. The van der Waals surface area contributed by atoms with Gasteiger partial charge in [0.15, 0.2) is 0 Å². The molecule has 4 heteroatoms. The summed E-state index contributed by atoms with van der Waals surface area (Å²) in [6.07, 6.45) is 0. The topological polar surface area (TPSA) is 38.8 Å². The van der Waals surface area contributed by atoms with E-state index in [0.717, 1.165) is 11.4 Å². The first-order chi connectivity index (χ1) is 9.01. The molecule has 0 aliphatic rings. The van der Waals surface area contributed by atoms with Crippen molar-refractivity contribution in [3.05, 3.63) is 24.3 Å². The average Bonchev–Trinajstić information content (AvgIpc) is 2.43.